The molecule has 2 rings (SSSR count). The van der Waals surface area contributed by atoms with Gasteiger partial charge < -0.3 is 4.90 Å². The summed E-state index contributed by atoms with van der Waals surface area (Å²) in [7, 11) is -4.11. The minimum atomic E-state index is -4.11. The van der Waals surface area contributed by atoms with E-state index in [0.29, 0.717) is 19.0 Å². The highest BCUT2D eigenvalue weighted by Crippen LogP contribution is 2.37. The van der Waals surface area contributed by atoms with Crippen molar-refractivity contribution < 1.29 is 13.2 Å². The van der Waals surface area contributed by atoms with E-state index in [0.717, 1.165) is 12.5 Å². The fourth-order valence-corrected chi connectivity index (χ4v) is 3.99. The van der Waals surface area contributed by atoms with Crippen LogP contribution in [0.1, 0.15) is 23.7 Å². The van der Waals surface area contributed by atoms with Crippen molar-refractivity contribution in [2.75, 3.05) is 13.1 Å². The lowest BCUT2D eigenvalue weighted by molar-refractivity contribution is 0.0788. The second-order valence-electron chi connectivity index (χ2n) is 5.05. The lowest BCUT2D eigenvalue weighted by Gasteiger charge is -2.19. The number of hydrogen-bond donors (Lipinski definition) is 1. The topological polar surface area (TPSA) is 80.5 Å². The average molecular weight is 372 g/mol. The van der Waals surface area contributed by atoms with Crippen LogP contribution in [0.2, 0.25) is 15.1 Å². The summed E-state index contributed by atoms with van der Waals surface area (Å²) in [6.45, 7) is 3.14. The molecule has 0 aliphatic carbocycles. The molecule has 9 heteroatoms. The third-order valence-electron chi connectivity index (χ3n) is 3.35. The smallest absolute Gasteiger partial charge is 0.256 e. The van der Waals surface area contributed by atoms with E-state index < -0.39 is 20.8 Å². The van der Waals surface area contributed by atoms with Gasteiger partial charge in [-0.2, -0.15) is 0 Å². The summed E-state index contributed by atoms with van der Waals surface area (Å²) < 4.78 is 23.1. The number of carbonyl (C=O) groups is 1. The van der Waals surface area contributed by atoms with E-state index in [1.165, 1.54) is 0 Å². The normalized spacial score (nSPS) is 19.1. The lowest BCUT2D eigenvalue weighted by Crippen LogP contribution is -2.29. The molecule has 2 N–H and O–H groups in total. The number of primary sulfonamides is 1. The SMILES string of the molecule is CC1CCN(C(=O)c2c(Cl)c(Cl)cc(S(N)(=O)=O)c2Cl)C1. The molecule has 0 saturated carbocycles. The first kappa shape index (κ1) is 16.8. The molecule has 1 aliphatic rings. The highest BCUT2D eigenvalue weighted by atomic mass is 35.5. The van der Waals surface area contributed by atoms with Crippen LogP contribution in [0.15, 0.2) is 11.0 Å². The summed E-state index contributed by atoms with van der Waals surface area (Å²) in [5.74, 6) is -0.0786. The van der Waals surface area contributed by atoms with Gasteiger partial charge in [0.15, 0.2) is 0 Å². The number of nitrogens with two attached hydrogens (primary N) is 1. The van der Waals surface area contributed by atoms with Gasteiger partial charge in [-0.3, -0.25) is 4.79 Å². The van der Waals surface area contributed by atoms with E-state index in [-0.39, 0.29) is 20.6 Å². The first-order valence-electron chi connectivity index (χ1n) is 6.12. The van der Waals surface area contributed by atoms with Crippen molar-refractivity contribution in [1.29, 1.82) is 0 Å². The first-order valence-corrected chi connectivity index (χ1v) is 8.80. The van der Waals surface area contributed by atoms with Gasteiger partial charge in [-0.05, 0) is 18.4 Å². The van der Waals surface area contributed by atoms with Gasteiger partial charge in [-0.25, -0.2) is 13.6 Å². The summed E-state index contributed by atoms with van der Waals surface area (Å²) in [5.41, 5.74) is -0.121. The number of sulfonamides is 1. The molecule has 21 heavy (non-hydrogen) atoms. The van der Waals surface area contributed by atoms with Gasteiger partial charge in [0.2, 0.25) is 10.0 Å². The second kappa shape index (κ2) is 5.93. The number of nitrogens with zero attached hydrogens (tertiary/aromatic N) is 1. The Labute approximate surface area is 138 Å². The van der Waals surface area contributed by atoms with Gasteiger partial charge >= 0.3 is 0 Å². The predicted molar refractivity (Wildman–Crippen MR) is 82.5 cm³/mol. The number of halogens is 3. The molecule has 0 aromatic heterocycles. The Morgan fingerprint density at radius 1 is 1.33 bits per heavy atom. The maximum Gasteiger partial charge on any atom is 0.256 e. The molecule has 1 atom stereocenters. The highest BCUT2D eigenvalue weighted by molar-refractivity contribution is 7.89. The van der Waals surface area contributed by atoms with Crippen molar-refractivity contribution in [2.24, 2.45) is 11.1 Å². The molecule has 5 nitrogen and oxygen atoms in total. The van der Waals surface area contributed by atoms with Crippen LogP contribution in [0.3, 0.4) is 0 Å². The minimum absolute atomic E-state index is 0.0707. The molecule has 0 spiro atoms. The van der Waals surface area contributed by atoms with Crippen LogP contribution in [-0.4, -0.2) is 32.3 Å². The van der Waals surface area contributed by atoms with E-state index in [1.807, 2.05) is 6.92 Å². The van der Waals surface area contributed by atoms with Crippen molar-refractivity contribution >= 4 is 50.7 Å². The van der Waals surface area contributed by atoms with E-state index in [1.54, 1.807) is 4.90 Å². The fourth-order valence-electron chi connectivity index (χ4n) is 2.25. The zero-order valence-corrected chi connectivity index (χ0v) is 14.2. The van der Waals surface area contributed by atoms with Crippen molar-refractivity contribution in [2.45, 2.75) is 18.2 Å². The quantitative estimate of drug-likeness (QED) is 0.812. The maximum atomic E-state index is 12.5. The van der Waals surface area contributed by atoms with E-state index in [9.17, 15) is 13.2 Å². The zero-order chi connectivity index (χ0) is 15.9. The van der Waals surface area contributed by atoms with Gasteiger partial charge in [-0.1, -0.05) is 41.7 Å². The van der Waals surface area contributed by atoms with Crippen LogP contribution in [-0.2, 0) is 10.0 Å². The molecule has 1 aromatic carbocycles. The minimum Gasteiger partial charge on any atom is -0.338 e. The van der Waals surface area contributed by atoms with E-state index in [4.69, 9.17) is 39.9 Å². The Morgan fingerprint density at radius 2 is 1.95 bits per heavy atom. The van der Waals surface area contributed by atoms with Gasteiger partial charge in [0.25, 0.3) is 5.91 Å². The Kier molecular flexibility index (Phi) is 4.75. The van der Waals surface area contributed by atoms with Crippen molar-refractivity contribution in [3.05, 3.63) is 26.7 Å². The third-order valence-corrected chi connectivity index (χ3v) is 5.58. The molecule has 1 fully saturated rings. The van der Waals surface area contributed by atoms with Crippen LogP contribution < -0.4 is 5.14 Å². The molecule has 1 heterocycles. The fraction of sp³-hybridized carbons (Fsp3) is 0.417. The number of benzene rings is 1. The average Bonchev–Trinajstić information content (AvgIpc) is 2.79. The number of amides is 1. The van der Waals surface area contributed by atoms with Crippen LogP contribution in [0.5, 0.6) is 0 Å². The number of carbonyl (C=O) groups excluding carboxylic acids is 1. The zero-order valence-electron chi connectivity index (χ0n) is 11.1. The Balaban J connectivity index is 2.58. The molecular weight excluding hydrogens is 359 g/mol. The molecule has 116 valence electrons. The van der Waals surface area contributed by atoms with Crippen LogP contribution in [0.4, 0.5) is 0 Å². The van der Waals surface area contributed by atoms with Crippen molar-refractivity contribution in [1.82, 2.24) is 4.90 Å². The number of rotatable bonds is 2. The Hall–Kier alpha value is -0.530. The van der Waals surface area contributed by atoms with Gasteiger partial charge in [0.05, 0.1) is 20.6 Å². The van der Waals surface area contributed by atoms with E-state index in [2.05, 4.69) is 0 Å². The molecule has 1 unspecified atom stereocenters. The summed E-state index contributed by atoms with van der Waals surface area (Å²) in [6, 6.07) is 1.05. The molecular formula is C12H13Cl3N2O3S. The third kappa shape index (κ3) is 3.29. The monoisotopic (exact) mass is 370 g/mol. The lowest BCUT2D eigenvalue weighted by atomic mass is 10.1. The molecule has 1 aliphatic heterocycles. The van der Waals surface area contributed by atoms with Crippen molar-refractivity contribution in [3.8, 4) is 0 Å². The largest absolute Gasteiger partial charge is 0.338 e. The number of likely N-dealkylation sites (tertiary alicyclic amines) is 1. The highest BCUT2D eigenvalue weighted by Gasteiger charge is 2.31. The Bertz CT molecular complexity index is 706. The molecule has 1 saturated heterocycles. The summed E-state index contributed by atoms with van der Waals surface area (Å²) in [6.07, 6.45) is 0.865. The van der Waals surface area contributed by atoms with Gasteiger partial charge in [0, 0.05) is 13.1 Å². The molecule has 1 amide bonds. The summed E-state index contributed by atoms with van der Waals surface area (Å²) >= 11 is 18.0. The van der Waals surface area contributed by atoms with Crippen LogP contribution in [0, 0.1) is 5.92 Å². The van der Waals surface area contributed by atoms with Gasteiger partial charge in [-0.15, -0.1) is 0 Å². The predicted octanol–water partition coefficient (Wildman–Crippen LogP) is 2.78. The summed E-state index contributed by atoms with van der Waals surface area (Å²) in [4.78, 5) is 13.7. The van der Waals surface area contributed by atoms with Crippen molar-refractivity contribution in [3.63, 3.8) is 0 Å². The number of hydrogen-bond acceptors (Lipinski definition) is 3. The Morgan fingerprint density at radius 3 is 2.43 bits per heavy atom. The maximum absolute atomic E-state index is 12.5. The van der Waals surface area contributed by atoms with Crippen LogP contribution >= 0.6 is 34.8 Å². The molecule has 1 aromatic rings. The van der Waals surface area contributed by atoms with E-state index >= 15 is 0 Å². The first-order chi connectivity index (χ1) is 9.62. The van der Waals surface area contributed by atoms with Gasteiger partial charge in [0.1, 0.15) is 4.90 Å². The molecule has 0 bridgehead atoms. The standard InChI is InChI=1S/C12H13Cl3N2O3S/c1-6-2-3-17(5-6)12(18)9-10(14)7(13)4-8(11(9)15)21(16,19)20/h4,6H,2-3,5H2,1H3,(H2,16,19,20). The summed E-state index contributed by atoms with van der Waals surface area (Å²) in [5, 5.41) is 4.63. The second-order valence-corrected chi connectivity index (χ2v) is 7.74. The molecule has 0 radical (unpaired) electrons. The van der Waals surface area contributed by atoms with Crippen LogP contribution in [0.25, 0.3) is 0 Å².